The lowest BCUT2D eigenvalue weighted by atomic mass is 9.96. The summed E-state index contributed by atoms with van der Waals surface area (Å²) >= 11 is 0. The van der Waals surface area contributed by atoms with Crippen molar-refractivity contribution in [1.82, 2.24) is 4.90 Å². The van der Waals surface area contributed by atoms with Crippen LogP contribution in [0.4, 0.5) is 8.78 Å². The number of halogens is 2. The van der Waals surface area contributed by atoms with Crippen LogP contribution in [0.1, 0.15) is 12.8 Å². The summed E-state index contributed by atoms with van der Waals surface area (Å²) in [5.74, 6) is 0. The molecule has 0 bridgehead atoms. The summed E-state index contributed by atoms with van der Waals surface area (Å²) in [6, 6.07) is 0. The van der Waals surface area contributed by atoms with Crippen molar-refractivity contribution < 1.29 is 8.78 Å². The fourth-order valence-corrected chi connectivity index (χ4v) is 1.58. The number of nitrogens with zero attached hydrogens (tertiary/aromatic N) is 1. The van der Waals surface area contributed by atoms with Crippen LogP contribution >= 0.6 is 0 Å². The summed E-state index contributed by atoms with van der Waals surface area (Å²) in [4.78, 5) is 1.99. The molecule has 0 amide bonds. The second-order valence-corrected chi connectivity index (χ2v) is 3.45. The molecule has 0 spiro atoms. The summed E-state index contributed by atoms with van der Waals surface area (Å²) < 4.78 is 23.9. The van der Waals surface area contributed by atoms with E-state index in [0.29, 0.717) is 13.0 Å². The van der Waals surface area contributed by atoms with Crippen molar-refractivity contribution >= 4 is 0 Å². The first kappa shape index (κ1) is 8.87. The maximum absolute atomic E-state index is 12.0. The molecule has 1 atom stereocenters. The van der Waals surface area contributed by atoms with Gasteiger partial charge in [-0.05, 0) is 20.0 Å². The second kappa shape index (κ2) is 3.03. The summed E-state index contributed by atoms with van der Waals surface area (Å²) in [5, 5.41) is 0. The van der Waals surface area contributed by atoms with Crippen LogP contribution in [-0.4, -0.2) is 37.0 Å². The zero-order valence-electron chi connectivity index (χ0n) is 6.69. The van der Waals surface area contributed by atoms with Crippen LogP contribution in [0.25, 0.3) is 0 Å². The molecule has 0 unspecified atom stereocenters. The van der Waals surface area contributed by atoms with Crippen molar-refractivity contribution in [3.8, 4) is 0 Å². The van der Waals surface area contributed by atoms with E-state index in [4.69, 9.17) is 5.73 Å². The Bertz CT molecular complexity index is 140. The predicted octanol–water partition coefficient (Wildman–Crippen LogP) is 0.675. The third kappa shape index (κ3) is 2.38. The van der Waals surface area contributed by atoms with Crippen LogP contribution in [0.3, 0.4) is 0 Å². The normalized spacial score (nSPS) is 33.5. The molecule has 66 valence electrons. The van der Waals surface area contributed by atoms with Gasteiger partial charge in [-0.3, -0.25) is 0 Å². The van der Waals surface area contributed by atoms with Crippen molar-refractivity contribution in [2.45, 2.75) is 24.8 Å². The third-order valence-corrected chi connectivity index (χ3v) is 2.14. The van der Waals surface area contributed by atoms with Crippen LogP contribution in [0, 0.1) is 0 Å². The number of hydrogen-bond acceptors (Lipinski definition) is 2. The quantitative estimate of drug-likeness (QED) is 0.650. The van der Waals surface area contributed by atoms with E-state index in [1.165, 1.54) is 0 Å². The molecule has 0 aromatic rings. The SMILES string of the molecule is CN1CC[C@](N)(CC(F)F)C1. The average Bonchev–Trinajstić information content (AvgIpc) is 2.08. The molecule has 0 aromatic heterocycles. The molecule has 1 aliphatic rings. The maximum Gasteiger partial charge on any atom is 0.240 e. The minimum Gasteiger partial charge on any atom is -0.324 e. The van der Waals surface area contributed by atoms with E-state index >= 15 is 0 Å². The van der Waals surface area contributed by atoms with Crippen LogP contribution in [0.2, 0.25) is 0 Å². The molecule has 0 saturated carbocycles. The van der Waals surface area contributed by atoms with Gasteiger partial charge in [0, 0.05) is 18.5 Å². The minimum absolute atomic E-state index is 0.169. The van der Waals surface area contributed by atoms with Crippen molar-refractivity contribution in [1.29, 1.82) is 0 Å². The van der Waals surface area contributed by atoms with Crippen molar-refractivity contribution in [2.24, 2.45) is 5.73 Å². The molecule has 2 N–H and O–H groups in total. The van der Waals surface area contributed by atoms with Crippen molar-refractivity contribution in [3.63, 3.8) is 0 Å². The summed E-state index contributed by atoms with van der Waals surface area (Å²) in [5.41, 5.74) is 5.09. The van der Waals surface area contributed by atoms with Gasteiger partial charge < -0.3 is 10.6 Å². The Hall–Kier alpha value is -0.220. The molecule has 4 heteroatoms. The molecular weight excluding hydrogens is 150 g/mol. The molecule has 1 rings (SSSR count). The number of likely N-dealkylation sites (N-methyl/N-ethyl adjacent to an activating group) is 1. The van der Waals surface area contributed by atoms with E-state index in [9.17, 15) is 8.78 Å². The molecule has 1 aliphatic heterocycles. The molecule has 0 radical (unpaired) electrons. The molecular formula is C7H14F2N2. The minimum atomic E-state index is -2.27. The van der Waals surface area contributed by atoms with E-state index in [0.717, 1.165) is 6.54 Å². The second-order valence-electron chi connectivity index (χ2n) is 3.45. The molecule has 11 heavy (non-hydrogen) atoms. The zero-order chi connectivity index (χ0) is 8.48. The fraction of sp³-hybridized carbons (Fsp3) is 1.00. The molecule has 0 aromatic carbocycles. The number of hydrogen-bond donors (Lipinski definition) is 1. The summed E-state index contributed by atoms with van der Waals surface area (Å²) in [7, 11) is 1.90. The molecule has 1 fully saturated rings. The zero-order valence-corrected chi connectivity index (χ0v) is 6.69. The third-order valence-electron chi connectivity index (χ3n) is 2.14. The molecule has 1 heterocycles. The standard InChI is InChI=1S/C7H14F2N2/c1-11-3-2-7(10,5-11)4-6(8)9/h6H,2-5,10H2,1H3/t7-/m0/s1. The van der Waals surface area contributed by atoms with E-state index in [-0.39, 0.29) is 6.42 Å². The van der Waals surface area contributed by atoms with Gasteiger partial charge in [-0.15, -0.1) is 0 Å². The van der Waals surface area contributed by atoms with Crippen LogP contribution in [0.15, 0.2) is 0 Å². The van der Waals surface area contributed by atoms with Crippen LogP contribution in [-0.2, 0) is 0 Å². The monoisotopic (exact) mass is 164 g/mol. The predicted molar refractivity (Wildman–Crippen MR) is 39.7 cm³/mol. The molecule has 1 saturated heterocycles. The number of likely N-dealkylation sites (tertiary alicyclic amines) is 1. The number of alkyl halides is 2. The lowest BCUT2D eigenvalue weighted by Gasteiger charge is -2.22. The van der Waals surface area contributed by atoms with Gasteiger partial charge in [0.1, 0.15) is 0 Å². The van der Waals surface area contributed by atoms with Gasteiger partial charge in [0.15, 0.2) is 0 Å². The Morgan fingerprint density at radius 2 is 2.27 bits per heavy atom. The lowest BCUT2D eigenvalue weighted by molar-refractivity contribution is 0.106. The highest BCUT2D eigenvalue weighted by atomic mass is 19.3. The van der Waals surface area contributed by atoms with E-state index in [1.54, 1.807) is 0 Å². The summed E-state index contributed by atoms with van der Waals surface area (Å²) in [6.07, 6.45) is -1.75. The summed E-state index contributed by atoms with van der Waals surface area (Å²) in [6.45, 7) is 1.43. The Balaban J connectivity index is 2.42. The number of rotatable bonds is 2. The first-order valence-electron chi connectivity index (χ1n) is 3.77. The van der Waals surface area contributed by atoms with Crippen LogP contribution < -0.4 is 5.73 Å². The lowest BCUT2D eigenvalue weighted by Crippen LogP contribution is -2.43. The highest BCUT2D eigenvalue weighted by Gasteiger charge is 2.34. The van der Waals surface area contributed by atoms with Gasteiger partial charge in [-0.1, -0.05) is 0 Å². The maximum atomic E-state index is 12.0. The van der Waals surface area contributed by atoms with E-state index in [1.807, 2.05) is 11.9 Å². The topological polar surface area (TPSA) is 29.3 Å². The van der Waals surface area contributed by atoms with E-state index in [2.05, 4.69) is 0 Å². The Kier molecular flexibility index (Phi) is 2.44. The van der Waals surface area contributed by atoms with Crippen LogP contribution in [0.5, 0.6) is 0 Å². The first-order valence-corrected chi connectivity index (χ1v) is 3.77. The molecule has 0 aliphatic carbocycles. The van der Waals surface area contributed by atoms with Gasteiger partial charge in [0.2, 0.25) is 6.43 Å². The Labute approximate surface area is 65.4 Å². The van der Waals surface area contributed by atoms with Gasteiger partial charge >= 0.3 is 0 Å². The highest BCUT2D eigenvalue weighted by molar-refractivity contribution is 4.93. The smallest absolute Gasteiger partial charge is 0.240 e. The Morgan fingerprint density at radius 3 is 2.64 bits per heavy atom. The largest absolute Gasteiger partial charge is 0.324 e. The van der Waals surface area contributed by atoms with Gasteiger partial charge in [-0.2, -0.15) is 0 Å². The average molecular weight is 164 g/mol. The molecule has 2 nitrogen and oxygen atoms in total. The first-order chi connectivity index (χ1) is 5.02. The van der Waals surface area contributed by atoms with Gasteiger partial charge in [-0.25, -0.2) is 8.78 Å². The van der Waals surface area contributed by atoms with E-state index < -0.39 is 12.0 Å². The van der Waals surface area contributed by atoms with Gasteiger partial charge in [0.25, 0.3) is 0 Å². The fourth-order valence-electron chi connectivity index (χ4n) is 1.58. The van der Waals surface area contributed by atoms with Crippen molar-refractivity contribution in [2.75, 3.05) is 20.1 Å². The Morgan fingerprint density at radius 1 is 1.64 bits per heavy atom. The highest BCUT2D eigenvalue weighted by Crippen LogP contribution is 2.23. The number of nitrogens with two attached hydrogens (primary N) is 1. The van der Waals surface area contributed by atoms with Gasteiger partial charge in [0.05, 0.1) is 0 Å². The van der Waals surface area contributed by atoms with Crippen molar-refractivity contribution in [3.05, 3.63) is 0 Å².